The van der Waals surface area contributed by atoms with Gasteiger partial charge >= 0.3 is 0 Å². The molecular formula is C18H19Cl2N3O. The lowest BCUT2D eigenvalue weighted by atomic mass is 10.1. The van der Waals surface area contributed by atoms with Gasteiger partial charge in [0.05, 0.1) is 5.52 Å². The third-order valence-corrected chi connectivity index (χ3v) is 3.86. The number of hydrogen-bond donors (Lipinski definition) is 3. The Bertz CT molecular complexity index is 840. The summed E-state index contributed by atoms with van der Waals surface area (Å²) in [6.45, 7) is 3.52. The number of hydrogen-bond acceptors (Lipinski definition) is 4. The molecule has 0 aliphatic heterocycles. The molecule has 4 nitrogen and oxygen atoms in total. The van der Waals surface area contributed by atoms with E-state index in [0.29, 0.717) is 17.3 Å². The fourth-order valence-electron chi connectivity index (χ4n) is 2.45. The zero-order valence-electron chi connectivity index (χ0n) is 13.2. The Hall–Kier alpha value is -2.01. The number of anilines is 2. The van der Waals surface area contributed by atoms with E-state index in [1.807, 2.05) is 43.3 Å². The number of halogens is 2. The standard InChI is InChI=1S/C18H18ClN3O.ClH/c1-2-20-11-12-9-14(4-6-18(12)23)22-16-7-8-21-17-10-13(19)3-5-15(16)17;/h3-10,20,23H,2,11H2,1H3,(H,21,22);1H. The van der Waals surface area contributed by atoms with Crippen LogP contribution in [-0.4, -0.2) is 16.6 Å². The SMILES string of the molecule is CCNCc1cc(Nc2ccnc3cc(Cl)ccc23)ccc1O.Cl. The Morgan fingerprint density at radius 3 is 2.75 bits per heavy atom. The third-order valence-electron chi connectivity index (χ3n) is 3.63. The number of aromatic hydroxyl groups is 1. The van der Waals surface area contributed by atoms with Crippen molar-refractivity contribution in [1.29, 1.82) is 0 Å². The molecule has 24 heavy (non-hydrogen) atoms. The highest BCUT2D eigenvalue weighted by atomic mass is 35.5. The van der Waals surface area contributed by atoms with Gasteiger partial charge in [-0.1, -0.05) is 18.5 Å². The van der Waals surface area contributed by atoms with Crippen LogP contribution in [0.25, 0.3) is 10.9 Å². The highest BCUT2D eigenvalue weighted by Crippen LogP contribution is 2.29. The van der Waals surface area contributed by atoms with Crippen molar-refractivity contribution in [2.24, 2.45) is 0 Å². The highest BCUT2D eigenvalue weighted by Gasteiger charge is 2.06. The number of fused-ring (bicyclic) bond motifs is 1. The molecule has 0 amide bonds. The smallest absolute Gasteiger partial charge is 0.120 e. The fourth-order valence-corrected chi connectivity index (χ4v) is 2.62. The van der Waals surface area contributed by atoms with Gasteiger partial charge in [0.15, 0.2) is 0 Å². The van der Waals surface area contributed by atoms with Crippen LogP contribution in [0.4, 0.5) is 11.4 Å². The molecule has 3 aromatic rings. The first kappa shape index (κ1) is 18.3. The minimum atomic E-state index is 0. The first-order valence-corrected chi connectivity index (χ1v) is 7.89. The lowest BCUT2D eigenvalue weighted by Crippen LogP contribution is -2.11. The molecule has 0 fully saturated rings. The Balaban J connectivity index is 0.00000208. The Morgan fingerprint density at radius 1 is 1.12 bits per heavy atom. The number of rotatable bonds is 5. The Morgan fingerprint density at radius 2 is 1.96 bits per heavy atom. The number of nitrogens with zero attached hydrogens (tertiary/aromatic N) is 1. The molecule has 6 heteroatoms. The van der Waals surface area contributed by atoms with E-state index < -0.39 is 0 Å². The molecule has 1 heterocycles. The number of nitrogens with one attached hydrogen (secondary N) is 2. The van der Waals surface area contributed by atoms with Gasteiger partial charge in [0.2, 0.25) is 0 Å². The van der Waals surface area contributed by atoms with Gasteiger partial charge < -0.3 is 15.7 Å². The molecule has 0 spiro atoms. The van der Waals surface area contributed by atoms with Gasteiger partial charge in [0.1, 0.15) is 5.75 Å². The van der Waals surface area contributed by atoms with Crippen LogP contribution in [0.15, 0.2) is 48.7 Å². The summed E-state index contributed by atoms with van der Waals surface area (Å²) in [4.78, 5) is 4.34. The van der Waals surface area contributed by atoms with Crippen LogP contribution in [-0.2, 0) is 6.54 Å². The lowest BCUT2D eigenvalue weighted by molar-refractivity contribution is 0.465. The van der Waals surface area contributed by atoms with Crippen LogP contribution < -0.4 is 10.6 Å². The van der Waals surface area contributed by atoms with Crippen LogP contribution in [0, 0.1) is 0 Å². The topological polar surface area (TPSA) is 57.2 Å². The molecule has 0 aliphatic rings. The molecule has 0 atom stereocenters. The minimum absolute atomic E-state index is 0. The van der Waals surface area contributed by atoms with Gasteiger partial charge in [-0.15, -0.1) is 12.4 Å². The maximum Gasteiger partial charge on any atom is 0.120 e. The number of phenols is 1. The summed E-state index contributed by atoms with van der Waals surface area (Å²) in [6, 6.07) is 13.1. The van der Waals surface area contributed by atoms with E-state index in [1.165, 1.54) is 0 Å². The molecule has 0 unspecified atom stereocenters. The van der Waals surface area contributed by atoms with Crippen LogP contribution in [0.2, 0.25) is 5.02 Å². The number of phenolic OH excluding ortho intramolecular Hbond substituents is 1. The summed E-state index contributed by atoms with van der Waals surface area (Å²) in [5.74, 6) is 0.294. The molecule has 126 valence electrons. The molecule has 0 saturated carbocycles. The molecule has 0 aliphatic carbocycles. The highest BCUT2D eigenvalue weighted by molar-refractivity contribution is 6.31. The van der Waals surface area contributed by atoms with E-state index in [4.69, 9.17) is 11.6 Å². The van der Waals surface area contributed by atoms with E-state index in [0.717, 1.165) is 34.4 Å². The van der Waals surface area contributed by atoms with Crippen LogP contribution >= 0.6 is 24.0 Å². The van der Waals surface area contributed by atoms with E-state index in [-0.39, 0.29) is 12.4 Å². The zero-order valence-corrected chi connectivity index (χ0v) is 14.8. The first-order chi connectivity index (χ1) is 11.2. The Kier molecular flexibility index (Phi) is 6.26. The molecule has 0 saturated heterocycles. The average Bonchev–Trinajstić information content (AvgIpc) is 2.55. The summed E-state index contributed by atoms with van der Waals surface area (Å²) in [6.07, 6.45) is 1.75. The van der Waals surface area contributed by atoms with Crippen molar-refractivity contribution < 1.29 is 5.11 Å². The number of aromatic nitrogens is 1. The molecule has 0 bridgehead atoms. The van der Waals surface area contributed by atoms with Crippen molar-refractivity contribution in [3.63, 3.8) is 0 Å². The normalized spacial score (nSPS) is 10.4. The second-order valence-corrected chi connectivity index (χ2v) is 5.71. The predicted octanol–water partition coefficient (Wildman–Crippen LogP) is 4.87. The second kappa shape index (κ2) is 8.20. The van der Waals surface area contributed by atoms with E-state index >= 15 is 0 Å². The average molecular weight is 364 g/mol. The van der Waals surface area contributed by atoms with Crippen molar-refractivity contribution in [2.75, 3.05) is 11.9 Å². The van der Waals surface area contributed by atoms with Crippen molar-refractivity contribution in [3.05, 3.63) is 59.2 Å². The molecule has 3 N–H and O–H groups in total. The van der Waals surface area contributed by atoms with Crippen molar-refractivity contribution in [1.82, 2.24) is 10.3 Å². The van der Waals surface area contributed by atoms with E-state index in [2.05, 4.69) is 15.6 Å². The van der Waals surface area contributed by atoms with Crippen LogP contribution in [0.3, 0.4) is 0 Å². The summed E-state index contributed by atoms with van der Waals surface area (Å²) >= 11 is 6.02. The molecular weight excluding hydrogens is 345 g/mol. The first-order valence-electron chi connectivity index (χ1n) is 7.51. The summed E-state index contributed by atoms with van der Waals surface area (Å²) in [5, 5.41) is 18.2. The second-order valence-electron chi connectivity index (χ2n) is 5.27. The molecule has 1 aromatic heterocycles. The van der Waals surface area contributed by atoms with Gasteiger partial charge in [0.25, 0.3) is 0 Å². The molecule has 3 rings (SSSR count). The summed E-state index contributed by atoms with van der Waals surface area (Å²) in [5.41, 5.74) is 3.57. The lowest BCUT2D eigenvalue weighted by Gasteiger charge is -2.12. The maximum absolute atomic E-state index is 9.94. The minimum Gasteiger partial charge on any atom is -0.508 e. The largest absolute Gasteiger partial charge is 0.508 e. The summed E-state index contributed by atoms with van der Waals surface area (Å²) < 4.78 is 0. The van der Waals surface area contributed by atoms with E-state index in [9.17, 15) is 5.11 Å². The van der Waals surface area contributed by atoms with E-state index in [1.54, 1.807) is 12.3 Å². The monoisotopic (exact) mass is 363 g/mol. The van der Waals surface area contributed by atoms with Gasteiger partial charge in [-0.25, -0.2) is 0 Å². The predicted molar refractivity (Wildman–Crippen MR) is 103 cm³/mol. The van der Waals surface area contributed by atoms with Crippen molar-refractivity contribution in [2.45, 2.75) is 13.5 Å². The Labute approximate surface area is 152 Å². The third kappa shape index (κ3) is 4.09. The van der Waals surface area contributed by atoms with Crippen LogP contribution in [0.5, 0.6) is 5.75 Å². The molecule has 0 radical (unpaired) electrons. The van der Waals surface area contributed by atoms with Gasteiger partial charge in [-0.2, -0.15) is 0 Å². The summed E-state index contributed by atoms with van der Waals surface area (Å²) in [7, 11) is 0. The van der Waals surface area contributed by atoms with Crippen molar-refractivity contribution >= 4 is 46.3 Å². The molecule has 2 aromatic carbocycles. The van der Waals surface area contributed by atoms with Gasteiger partial charge in [0, 0.05) is 40.1 Å². The van der Waals surface area contributed by atoms with Crippen molar-refractivity contribution in [3.8, 4) is 5.75 Å². The fraction of sp³-hybridized carbons (Fsp3) is 0.167. The van der Waals surface area contributed by atoms with Gasteiger partial charge in [-0.3, -0.25) is 4.98 Å². The number of pyridine rings is 1. The quantitative estimate of drug-likeness (QED) is 0.566. The number of benzene rings is 2. The zero-order chi connectivity index (χ0) is 16.2. The maximum atomic E-state index is 9.94. The van der Waals surface area contributed by atoms with Gasteiger partial charge in [-0.05, 0) is 49.0 Å². The van der Waals surface area contributed by atoms with Crippen LogP contribution in [0.1, 0.15) is 12.5 Å².